The fourth-order valence-corrected chi connectivity index (χ4v) is 8.63. The summed E-state index contributed by atoms with van der Waals surface area (Å²) >= 11 is 5.68. The molecule has 2 aliphatic heterocycles. The monoisotopic (exact) mass is 839 g/mol. The van der Waals surface area contributed by atoms with E-state index in [1.54, 1.807) is 12.3 Å². The van der Waals surface area contributed by atoms with Crippen molar-refractivity contribution >= 4 is 63.9 Å². The van der Waals surface area contributed by atoms with E-state index in [9.17, 15) is 4.79 Å². The van der Waals surface area contributed by atoms with E-state index in [0.717, 1.165) is 101 Å². The Kier molecular flexibility index (Phi) is 10.9. The molecule has 2 unspecified atom stereocenters. The lowest BCUT2D eigenvalue weighted by Crippen LogP contribution is -2.07. The minimum atomic E-state index is -0.0996. The third-order valence-corrected chi connectivity index (χ3v) is 11.8. The fourth-order valence-electron chi connectivity index (χ4n) is 8.52. The van der Waals surface area contributed by atoms with Crippen molar-refractivity contribution < 1.29 is 9.53 Å². The Morgan fingerprint density at radius 1 is 0.540 bits per heavy atom. The smallest absolute Gasteiger partial charge is 0.309 e. The van der Waals surface area contributed by atoms with Crippen LogP contribution in [0.4, 0.5) is 0 Å². The number of rotatable bonds is 7. The average molecular weight is 840 g/mol. The maximum Gasteiger partial charge on any atom is 0.309 e. The first kappa shape index (κ1) is 39.5. The van der Waals surface area contributed by atoms with Gasteiger partial charge in [0.2, 0.25) is 0 Å². The summed E-state index contributed by atoms with van der Waals surface area (Å²) < 4.78 is 4.96. The highest BCUT2D eigenvalue weighted by atomic mass is 35.5. The predicted molar refractivity (Wildman–Crippen MR) is 257 cm³/mol. The number of ether oxygens (including phenoxy) is 1. The first-order valence-corrected chi connectivity index (χ1v) is 21.6. The summed E-state index contributed by atoms with van der Waals surface area (Å²) in [5.41, 5.74) is 17.2. The highest BCUT2D eigenvalue weighted by molar-refractivity contribution is 6.29. The molecule has 8 heteroatoms. The molecule has 8 aromatic rings. The molecule has 1 aliphatic carbocycles. The zero-order valence-corrected chi connectivity index (χ0v) is 35.3. The van der Waals surface area contributed by atoms with Crippen LogP contribution in [0.25, 0.3) is 90.9 Å². The number of hydrogen-bond donors (Lipinski definition) is 2. The Balaban J connectivity index is 0.000000266. The van der Waals surface area contributed by atoms with Gasteiger partial charge in [0.1, 0.15) is 5.15 Å². The Morgan fingerprint density at radius 3 is 1.22 bits per heavy atom. The minimum Gasteiger partial charge on any atom is -0.466 e. The quantitative estimate of drug-likeness (QED) is 0.123. The van der Waals surface area contributed by atoms with Gasteiger partial charge in [0.05, 0.1) is 35.3 Å². The van der Waals surface area contributed by atoms with Crippen LogP contribution >= 0.6 is 11.6 Å². The van der Waals surface area contributed by atoms with Gasteiger partial charge in [0.15, 0.2) is 0 Å². The van der Waals surface area contributed by atoms with Crippen LogP contribution in [-0.4, -0.2) is 37.5 Å². The Morgan fingerprint density at radius 2 is 0.905 bits per heavy atom. The summed E-state index contributed by atoms with van der Waals surface area (Å²) in [4.78, 5) is 33.7. The lowest BCUT2D eigenvalue weighted by Gasteiger charge is -2.07. The second-order valence-corrected chi connectivity index (χ2v) is 16.0. The lowest BCUT2D eigenvalue weighted by atomic mass is 10.0. The maximum absolute atomic E-state index is 11.4. The van der Waals surface area contributed by atoms with Crippen LogP contribution in [0, 0.1) is 5.92 Å². The molecule has 0 spiro atoms. The molecule has 11 rings (SSSR count). The molecule has 1 fully saturated rings. The van der Waals surface area contributed by atoms with E-state index < -0.39 is 0 Å². The minimum absolute atomic E-state index is 0.0212. The molecule has 2 atom stereocenters. The van der Waals surface area contributed by atoms with Gasteiger partial charge in [-0.25, -0.2) is 15.0 Å². The zero-order valence-electron chi connectivity index (χ0n) is 34.5. The van der Waals surface area contributed by atoms with Gasteiger partial charge in [0, 0.05) is 50.5 Å². The number of pyridine rings is 1. The van der Waals surface area contributed by atoms with E-state index in [-0.39, 0.29) is 17.8 Å². The van der Waals surface area contributed by atoms with Crippen molar-refractivity contribution in [2.24, 2.45) is 5.92 Å². The number of hydrogen-bond acceptors (Lipinski definition) is 5. The van der Waals surface area contributed by atoms with Crippen LogP contribution in [0.1, 0.15) is 47.6 Å². The largest absolute Gasteiger partial charge is 0.466 e. The number of H-pyrrole nitrogens is 2. The average Bonchev–Trinajstić information content (AvgIpc) is 3.81. The SMILES string of the molecule is C1=Cc2nc1c(-c1ccccc1)c1ccc([nH]1)c(-c1ccccc1)c1nc(c(-c3ccccc3)c3ccc([nH]3)c2-c2ccccc2)C=C1.CCOC(=O)C1CC1c1ccc(Cl)nc1. The van der Waals surface area contributed by atoms with Gasteiger partial charge in [-0.05, 0) is 102 Å². The number of esters is 1. The number of carbonyl (C=O) groups is 1. The molecule has 0 saturated heterocycles. The third-order valence-electron chi connectivity index (χ3n) is 11.6. The van der Waals surface area contributed by atoms with Gasteiger partial charge in [-0.1, -0.05) is 139 Å². The molecule has 4 aromatic carbocycles. The van der Waals surface area contributed by atoms with E-state index in [2.05, 4.69) is 161 Å². The van der Waals surface area contributed by atoms with E-state index in [0.29, 0.717) is 11.8 Å². The molecule has 8 bridgehead atoms. The van der Waals surface area contributed by atoms with Crippen molar-refractivity contribution in [2.75, 3.05) is 6.61 Å². The van der Waals surface area contributed by atoms with Gasteiger partial charge >= 0.3 is 5.97 Å². The summed E-state index contributed by atoms with van der Waals surface area (Å²) in [5, 5.41) is 0.479. The highest BCUT2D eigenvalue weighted by Gasteiger charge is 2.45. The molecule has 3 aliphatic rings. The van der Waals surface area contributed by atoms with Crippen LogP contribution in [0.5, 0.6) is 0 Å². The van der Waals surface area contributed by atoms with Crippen LogP contribution < -0.4 is 0 Å². The number of halogens is 1. The van der Waals surface area contributed by atoms with Crippen LogP contribution in [0.3, 0.4) is 0 Å². The van der Waals surface area contributed by atoms with Gasteiger partial charge in [0.25, 0.3) is 0 Å². The van der Waals surface area contributed by atoms with Crippen LogP contribution in [0.2, 0.25) is 5.15 Å². The van der Waals surface area contributed by atoms with Crippen molar-refractivity contribution in [3.05, 3.63) is 197 Å². The molecule has 6 heterocycles. The van der Waals surface area contributed by atoms with Crippen molar-refractivity contribution in [3.63, 3.8) is 0 Å². The van der Waals surface area contributed by atoms with Crippen molar-refractivity contribution in [2.45, 2.75) is 19.3 Å². The Hall–Kier alpha value is -7.61. The third kappa shape index (κ3) is 8.14. The van der Waals surface area contributed by atoms with E-state index >= 15 is 0 Å². The number of aromatic amines is 2. The molecular weight excluding hydrogens is 798 g/mol. The molecule has 0 amide bonds. The number of fused-ring (bicyclic) bond motifs is 8. The number of nitrogens with one attached hydrogen (secondary N) is 2. The van der Waals surface area contributed by atoms with Crippen LogP contribution in [0.15, 0.2) is 164 Å². The standard InChI is InChI=1S/C44H30N4.C11H12ClNO2/c1-5-13-29(14-6-1)41-33-21-23-35(45-33)42(30-15-7-2-8-16-30)37-25-27-39(47-37)44(32-19-11-4-12-20-32)40-28-26-38(48-40)43(31-17-9-3-10-18-31)36-24-22-34(41)46-36;1-2-15-11(14)9-5-8(9)7-3-4-10(12)13-6-7/h1-28,45,48H;3-4,6,8-9H,2,5H2,1H3. The normalized spacial score (nSPS) is 14.8. The topological polar surface area (TPSA) is 96.5 Å². The Labute approximate surface area is 370 Å². The van der Waals surface area contributed by atoms with E-state index in [1.807, 2.05) is 37.3 Å². The number of nitrogens with zero attached hydrogens (tertiary/aromatic N) is 3. The molecule has 306 valence electrons. The highest BCUT2D eigenvalue weighted by Crippen LogP contribution is 2.48. The maximum atomic E-state index is 11.4. The second kappa shape index (κ2) is 17.4. The summed E-state index contributed by atoms with van der Waals surface area (Å²) in [6, 6.07) is 54.3. The van der Waals surface area contributed by atoms with Crippen molar-refractivity contribution in [3.8, 4) is 44.5 Å². The van der Waals surface area contributed by atoms with Crippen LogP contribution in [-0.2, 0) is 9.53 Å². The molecule has 7 nitrogen and oxygen atoms in total. The van der Waals surface area contributed by atoms with Crippen molar-refractivity contribution in [1.29, 1.82) is 0 Å². The summed E-state index contributed by atoms with van der Waals surface area (Å²) in [6.07, 6.45) is 11.1. The molecule has 4 aromatic heterocycles. The van der Waals surface area contributed by atoms with Gasteiger partial charge < -0.3 is 14.7 Å². The second-order valence-electron chi connectivity index (χ2n) is 15.6. The molecular formula is C55H42ClN5O2. The van der Waals surface area contributed by atoms with Gasteiger partial charge in [-0.3, -0.25) is 4.79 Å². The lowest BCUT2D eigenvalue weighted by molar-refractivity contribution is -0.144. The molecule has 63 heavy (non-hydrogen) atoms. The first-order valence-electron chi connectivity index (χ1n) is 21.2. The summed E-state index contributed by atoms with van der Waals surface area (Å²) in [5.74, 6) is 0.194. The Bertz CT molecular complexity index is 2830. The molecule has 0 radical (unpaired) electrons. The first-order chi connectivity index (χ1) is 31.0. The van der Waals surface area contributed by atoms with Gasteiger partial charge in [-0.15, -0.1) is 0 Å². The number of carbonyl (C=O) groups excluding carboxylic acids is 1. The van der Waals surface area contributed by atoms with E-state index in [1.165, 1.54) is 0 Å². The number of aromatic nitrogens is 5. The molecule has 1 saturated carbocycles. The van der Waals surface area contributed by atoms with E-state index in [4.69, 9.17) is 26.3 Å². The fraction of sp³-hybridized carbons (Fsp3) is 0.0909. The molecule has 2 N–H and O–H groups in total. The van der Waals surface area contributed by atoms with Gasteiger partial charge in [-0.2, -0.15) is 0 Å². The summed E-state index contributed by atoms with van der Waals surface area (Å²) in [6.45, 7) is 2.26. The number of benzene rings is 4. The summed E-state index contributed by atoms with van der Waals surface area (Å²) in [7, 11) is 0. The predicted octanol–water partition coefficient (Wildman–Crippen LogP) is 13.7. The van der Waals surface area contributed by atoms with Crippen molar-refractivity contribution in [1.82, 2.24) is 24.9 Å². The zero-order chi connectivity index (χ0) is 42.7.